The summed E-state index contributed by atoms with van der Waals surface area (Å²) in [4.78, 5) is 20.2. The first-order valence-corrected chi connectivity index (χ1v) is 7.60. The Bertz CT molecular complexity index is 473. The van der Waals surface area contributed by atoms with Gasteiger partial charge < -0.3 is 4.74 Å². The molecule has 0 aliphatic heterocycles. The highest BCUT2D eigenvalue weighted by Gasteiger charge is 2.44. The van der Waals surface area contributed by atoms with Gasteiger partial charge >= 0.3 is 5.97 Å². The zero-order chi connectivity index (χ0) is 13.9. The average Bonchev–Trinajstić information content (AvgIpc) is 3.16. The van der Waals surface area contributed by atoms with Crippen LogP contribution in [-0.4, -0.2) is 28.8 Å². The molecule has 1 aromatic heterocycles. The van der Waals surface area contributed by atoms with Gasteiger partial charge in [-0.2, -0.15) is 0 Å². The highest BCUT2D eigenvalue weighted by molar-refractivity contribution is 7.99. The van der Waals surface area contributed by atoms with E-state index in [-0.39, 0.29) is 11.4 Å². The van der Waals surface area contributed by atoms with E-state index in [0.29, 0.717) is 6.42 Å². The number of rotatable bonds is 6. The van der Waals surface area contributed by atoms with Crippen LogP contribution in [0.5, 0.6) is 0 Å². The number of hydrogen-bond donors (Lipinski definition) is 0. The van der Waals surface area contributed by atoms with Gasteiger partial charge in [0, 0.05) is 11.4 Å². The number of thioether (sulfide) groups is 1. The van der Waals surface area contributed by atoms with Crippen molar-refractivity contribution in [2.24, 2.45) is 5.41 Å². The summed E-state index contributed by atoms with van der Waals surface area (Å²) in [6.07, 6.45) is 3.67. The van der Waals surface area contributed by atoms with Crippen molar-refractivity contribution in [1.82, 2.24) is 9.97 Å². The molecule has 1 aromatic rings. The van der Waals surface area contributed by atoms with Crippen molar-refractivity contribution in [1.29, 1.82) is 0 Å². The second-order valence-electron chi connectivity index (χ2n) is 5.14. The van der Waals surface area contributed by atoms with Gasteiger partial charge in [0.25, 0.3) is 0 Å². The van der Waals surface area contributed by atoms with Crippen LogP contribution in [0.4, 0.5) is 0 Å². The fraction of sp³-hybridized carbons (Fsp3) is 0.643. The number of ether oxygens (including phenoxy) is 1. The second kappa shape index (κ2) is 5.90. The molecule has 5 heteroatoms. The van der Waals surface area contributed by atoms with E-state index in [2.05, 4.69) is 16.9 Å². The SMILES string of the molecule is CCc1cc(SCC2(CC(=O)OC)CC2)nc(C)n1. The van der Waals surface area contributed by atoms with Gasteiger partial charge in [0.05, 0.1) is 18.6 Å². The number of aryl methyl sites for hydroxylation is 2. The third-order valence-corrected chi connectivity index (χ3v) is 4.72. The Morgan fingerprint density at radius 2 is 2.21 bits per heavy atom. The quantitative estimate of drug-likeness (QED) is 0.455. The fourth-order valence-electron chi connectivity index (χ4n) is 2.01. The van der Waals surface area contributed by atoms with Gasteiger partial charge in [-0.3, -0.25) is 4.79 Å². The number of carbonyl (C=O) groups is 1. The Morgan fingerprint density at radius 3 is 2.79 bits per heavy atom. The molecule has 0 saturated heterocycles. The maximum absolute atomic E-state index is 11.4. The van der Waals surface area contributed by atoms with Gasteiger partial charge in [0.15, 0.2) is 0 Å². The summed E-state index contributed by atoms with van der Waals surface area (Å²) >= 11 is 1.73. The monoisotopic (exact) mass is 280 g/mol. The predicted octanol–water partition coefficient (Wildman–Crippen LogP) is 2.78. The predicted molar refractivity (Wildman–Crippen MR) is 75.2 cm³/mol. The van der Waals surface area contributed by atoms with Crippen LogP contribution in [0.2, 0.25) is 0 Å². The van der Waals surface area contributed by atoms with Crippen LogP contribution in [-0.2, 0) is 16.0 Å². The van der Waals surface area contributed by atoms with Crippen LogP contribution in [0.1, 0.15) is 37.7 Å². The van der Waals surface area contributed by atoms with Crippen molar-refractivity contribution in [3.63, 3.8) is 0 Å². The number of methoxy groups -OCH3 is 1. The molecule has 0 aromatic carbocycles. The lowest BCUT2D eigenvalue weighted by Crippen LogP contribution is -2.13. The highest BCUT2D eigenvalue weighted by Crippen LogP contribution is 2.52. The van der Waals surface area contributed by atoms with Crippen molar-refractivity contribution in [2.75, 3.05) is 12.9 Å². The van der Waals surface area contributed by atoms with Gasteiger partial charge in [-0.1, -0.05) is 6.92 Å². The van der Waals surface area contributed by atoms with Crippen LogP contribution >= 0.6 is 11.8 Å². The largest absolute Gasteiger partial charge is 0.469 e. The molecular weight excluding hydrogens is 260 g/mol. The van der Waals surface area contributed by atoms with E-state index < -0.39 is 0 Å². The van der Waals surface area contributed by atoms with Crippen molar-refractivity contribution < 1.29 is 9.53 Å². The Balaban J connectivity index is 1.95. The van der Waals surface area contributed by atoms with Crippen LogP contribution < -0.4 is 0 Å². The first kappa shape index (κ1) is 14.3. The molecule has 2 rings (SSSR count). The summed E-state index contributed by atoms with van der Waals surface area (Å²) in [5.74, 6) is 1.65. The molecule has 0 N–H and O–H groups in total. The normalized spacial score (nSPS) is 16.2. The summed E-state index contributed by atoms with van der Waals surface area (Å²) in [6.45, 7) is 4.01. The molecule has 0 amide bonds. The Hall–Kier alpha value is -1.10. The Labute approximate surface area is 118 Å². The molecule has 0 unspecified atom stereocenters. The zero-order valence-corrected chi connectivity index (χ0v) is 12.5. The van der Waals surface area contributed by atoms with Gasteiger partial charge in [-0.05, 0) is 37.7 Å². The summed E-state index contributed by atoms with van der Waals surface area (Å²) in [5.41, 5.74) is 1.22. The molecule has 1 saturated carbocycles. The third kappa shape index (κ3) is 3.93. The van der Waals surface area contributed by atoms with Crippen molar-refractivity contribution in [3.8, 4) is 0 Å². The molecule has 1 heterocycles. The average molecular weight is 280 g/mol. The van der Waals surface area contributed by atoms with E-state index in [1.165, 1.54) is 7.11 Å². The van der Waals surface area contributed by atoms with Gasteiger partial charge in [0.2, 0.25) is 0 Å². The summed E-state index contributed by atoms with van der Waals surface area (Å²) in [5, 5.41) is 1.01. The minimum Gasteiger partial charge on any atom is -0.469 e. The maximum atomic E-state index is 11.4. The molecule has 104 valence electrons. The summed E-state index contributed by atoms with van der Waals surface area (Å²) in [7, 11) is 1.45. The molecule has 0 atom stereocenters. The zero-order valence-electron chi connectivity index (χ0n) is 11.7. The van der Waals surface area contributed by atoms with Crippen molar-refractivity contribution in [2.45, 2.75) is 44.6 Å². The molecule has 0 bridgehead atoms. The standard InChI is InChI=1S/C14H20N2O2S/c1-4-11-7-12(16-10(2)15-11)19-9-14(5-6-14)8-13(17)18-3/h7H,4-6,8-9H2,1-3H3. The second-order valence-corrected chi connectivity index (χ2v) is 6.14. The first-order valence-electron chi connectivity index (χ1n) is 6.61. The maximum Gasteiger partial charge on any atom is 0.306 e. The van der Waals surface area contributed by atoms with E-state index in [4.69, 9.17) is 4.74 Å². The minimum atomic E-state index is -0.105. The third-order valence-electron chi connectivity index (χ3n) is 3.46. The number of carbonyl (C=O) groups excluding carboxylic acids is 1. The molecule has 19 heavy (non-hydrogen) atoms. The van der Waals surface area contributed by atoms with Crippen LogP contribution in [0.3, 0.4) is 0 Å². The van der Waals surface area contributed by atoms with E-state index in [1.54, 1.807) is 11.8 Å². The van der Waals surface area contributed by atoms with Crippen LogP contribution in [0.15, 0.2) is 11.1 Å². The minimum absolute atomic E-state index is 0.105. The molecule has 4 nitrogen and oxygen atoms in total. The fourth-order valence-corrected chi connectivity index (χ4v) is 3.27. The lowest BCUT2D eigenvalue weighted by Gasteiger charge is -2.13. The summed E-state index contributed by atoms with van der Waals surface area (Å²) in [6, 6.07) is 2.05. The highest BCUT2D eigenvalue weighted by atomic mass is 32.2. The van der Waals surface area contributed by atoms with Gasteiger partial charge in [-0.25, -0.2) is 9.97 Å². The summed E-state index contributed by atoms with van der Waals surface area (Å²) < 4.78 is 4.76. The molecule has 1 aliphatic rings. The number of esters is 1. The Kier molecular flexibility index (Phi) is 4.45. The van der Waals surface area contributed by atoms with E-state index in [9.17, 15) is 4.79 Å². The Morgan fingerprint density at radius 1 is 1.47 bits per heavy atom. The molecular formula is C14H20N2O2S. The van der Waals surface area contributed by atoms with E-state index in [0.717, 1.165) is 41.6 Å². The number of hydrogen-bond acceptors (Lipinski definition) is 5. The number of aromatic nitrogens is 2. The van der Waals surface area contributed by atoms with Crippen molar-refractivity contribution in [3.05, 3.63) is 17.6 Å². The van der Waals surface area contributed by atoms with Crippen LogP contribution in [0, 0.1) is 12.3 Å². The number of nitrogens with zero attached hydrogens (tertiary/aromatic N) is 2. The van der Waals surface area contributed by atoms with E-state index in [1.807, 2.05) is 13.0 Å². The lowest BCUT2D eigenvalue weighted by molar-refractivity contribution is -0.141. The molecule has 0 spiro atoms. The molecule has 1 aliphatic carbocycles. The van der Waals surface area contributed by atoms with Crippen molar-refractivity contribution >= 4 is 17.7 Å². The van der Waals surface area contributed by atoms with E-state index >= 15 is 0 Å². The topological polar surface area (TPSA) is 52.1 Å². The van der Waals surface area contributed by atoms with Gasteiger partial charge in [-0.15, -0.1) is 11.8 Å². The first-order chi connectivity index (χ1) is 9.07. The lowest BCUT2D eigenvalue weighted by atomic mass is 10.1. The van der Waals surface area contributed by atoms with Crippen LogP contribution in [0.25, 0.3) is 0 Å². The smallest absolute Gasteiger partial charge is 0.306 e. The molecule has 0 radical (unpaired) electrons. The molecule has 1 fully saturated rings. The van der Waals surface area contributed by atoms with Gasteiger partial charge in [0.1, 0.15) is 5.82 Å².